The van der Waals surface area contributed by atoms with Crippen molar-refractivity contribution < 1.29 is 4.79 Å². The highest BCUT2D eigenvalue weighted by Gasteiger charge is 2.39. The van der Waals surface area contributed by atoms with Gasteiger partial charge in [0, 0.05) is 6.42 Å². The smallest absolute Gasteiger partial charge is 0.148 e. The highest BCUT2D eigenvalue weighted by atomic mass is 16.1. The van der Waals surface area contributed by atoms with Crippen LogP contribution in [0.5, 0.6) is 0 Å². The maximum absolute atomic E-state index is 14.0. The molecule has 0 saturated carbocycles. The molecule has 4 aromatic rings. The van der Waals surface area contributed by atoms with Crippen molar-refractivity contribution in [1.82, 2.24) is 0 Å². The Kier molecular flexibility index (Phi) is 6.20. The van der Waals surface area contributed by atoms with Crippen LogP contribution in [0, 0.1) is 0 Å². The van der Waals surface area contributed by atoms with Gasteiger partial charge in [0.2, 0.25) is 0 Å². The lowest BCUT2D eigenvalue weighted by atomic mass is 9.67. The number of hydrogen-bond donors (Lipinski definition) is 0. The Balaban J connectivity index is 1.82. The Labute approximate surface area is 179 Å². The van der Waals surface area contributed by atoms with Gasteiger partial charge in [-0.05, 0) is 35.1 Å². The van der Waals surface area contributed by atoms with Crippen LogP contribution >= 0.6 is 0 Å². The number of Topliss-reactive ketones (excluding diaryl/α,β-unsaturated/α-hetero) is 1. The molecule has 4 aromatic carbocycles. The second kappa shape index (κ2) is 9.37. The van der Waals surface area contributed by atoms with Gasteiger partial charge in [-0.2, -0.15) is 0 Å². The molecule has 0 radical (unpaired) electrons. The number of hydrogen-bond acceptors (Lipinski definition) is 1. The molecule has 30 heavy (non-hydrogen) atoms. The summed E-state index contributed by atoms with van der Waals surface area (Å²) in [6.07, 6.45) is 1.78. The standard InChI is InChI=1S/C29H26O/c30-28(21-24-13-5-1-6-14-24)29(27-19-11-4-12-20-27,22-25-15-7-2-8-16-25)23-26-17-9-3-10-18-26/h1-20H,21-23H2. The third-order valence-corrected chi connectivity index (χ3v) is 5.77. The van der Waals surface area contributed by atoms with Gasteiger partial charge in [0.1, 0.15) is 5.78 Å². The molecule has 0 heterocycles. The van der Waals surface area contributed by atoms with E-state index in [1.54, 1.807) is 0 Å². The van der Waals surface area contributed by atoms with E-state index in [0.717, 1.165) is 11.1 Å². The van der Waals surface area contributed by atoms with Gasteiger partial charge in [0.15, 0.2) is 0 Å². The van der Waals surface area contributed by atoms with Gasteiger partial charge in [-0.15, -0.1) is 0 Å². The minimum atomic E-state index is -0.625. The molecular weight excluding hydrogens is 364 g/mol. The first kappa shape index (κ1) is 19.8. The second-order valence-corrected chi connectivity index (χ2v) is 7.86. The van der Waals surface area contributed by atoms with Crippen LogP contribution in [0.3, 0.4) is 0 Å². The van der Waals surface area contributed by atoms with E-state index in [2.05, 4.69) is 60.7 Å². The number of carbonyl (C=O) groups excluding carboxylic acids is 1. The van der Waals surface area contributed by atoms with Gasteiger partial charge < -0.3 is 0 Å². The summed E-state index contributed by atoms with van der Waals surface area (Å²) in [5.74, 6) is 0.257. The summed E-state index contributed by atoms with van der Waals surface area (Å²) in [4.78, 5) is 14.0. The van der Waals surface area contributed by atoms with Crippen molar-refractivity contribution in [3.63, 3.8) is 0 Å². The second-order valence-electron chi connectivity index (χ2n) is 7.86. The fourth-order valence-corrected chi connectivity index (χ4v) is 4.22. The predicted molar refractivity (Wildman–Crippen MR) is 124 cm³/mol. The maximum atomic E-state index is 14.0. The Bertz CT molecular complexity index is 1010. The van der Waals surface area contributed by atoms with Crippen LogP contribution in [0.2, 0.25) is 0 Å². The molecule has 1 heteroatoms. The summed E-state index contributed by atoms with van der Waals surface area (Å²) >= 11 is 0. The zero-order valence-electron chi connectivity index (χ0n) is 17.1. The van der Waals surface area contributed by atoms with E-state index in [9.17, 15) is 4.79 Å². The van der Waals surface area contributed by atoms with Crippen molar-refractivity contribution in [3.8, 4) is 0 Å². The normalized spacial score (nSPS) is 11.2. The van der Waals surface area contributed by atoms with Crippen molar-refractivity contribution >= 4 is 5.78 Å². The van der Waals surface area contributed by atoms with Crippen LogP contribution in [-0.2, 0) is 29.5 Å². The minimum Gasteiger partial charge on any atom is -0.298 e. The van der Waals surface area contributed by atoms with E-state index in [0.29, 0.717) is 19.3 Å². The number of rotatable bonds is 8. The summed E-state index contributed by atoms with van der Waals surface area (Å²) in [7, 11) is 0. The summed E-state index contributed by atoms with van der Waals surface area (Å²) in [5.41, 5.74) is 3.87. The van der Waals surface area contributed by atoms with E-state index in [1.807, 2.05) is 60.7 Å². The van der Waals surface area contributed by atoms with E-state index in [1.165, 1.54) is 11.1 Å². The molecule has 0 spiro atoms. The Morgan fingerprint density at radius 1 is 0.500 bits per heavy atom. The van der Waals surface area contributed by atoms with Crippen LogP contribution in [0.25, 0.3) is 0 Å². The van der Waals surface area contributed by atoms with Gasteiger partial charge >= 0.3 is 0 Å². The van der Waals surface area contributed by atoms with Crippen molar-refractivity contribution in [1.29, 1.82) is 0 Å². The Morgan fingerprint density at radius 2 is 0.867 bits per heavy atom. The first-order chi connectivity index (χ1) is 14.8. The molecule has 0 saturated heterocycles. The maximum Gasteiger partial charge on any atom is 0.148 e. The molecule has 0 fully saturated rings. The molecule has 0 aliphatic heterocycles. The van der Waals surface area contributed by atoms with Gasteiger partial charge in [0.05, 0.1) is 5.41 Å². The average molecular weight is 391 g/mol. The fourth-order valence-electron chi connectivity index (χ4n) is 4.22. The van der Waals surface area contributed by atoms with Crippen LogP contribution < -0.4 is 0 Å². The molecule has 4 rings (SSSR count). The van der Waals surface area contributed by atoms with Crippen LogP contribution in [0.1, 0.15) is 22.3 Å². The van der Waals surface area contributed by atoms with Crippen LogP contribution in [0.4, 0.5) is 0 Å². The largest absolute Gasteiger partial charge is 0.298 e. The molecule has 0 aliphatic rings. The van der Waals surface area contributed by atoms with E-state index in [4.69, 9.17) is 0 Å². The van der Waals surface area contributed by atoms with E-state index < -0.39 is 5.41 Å². The van der Waals surface area contributed by atoms with Crippen molar-refractivity contribution in [2.75, 3.05) is 0 Å². The lowest BCUT2D eigenvalue weighted by molar-refractivity contribution is -0.124. The third kappa shape index (κ3) is 4.58. The van der Waals surface area contributed by atoms with Gasteiger partial charge in [-0.25, -0.2) is 0 Å². The lowest BCUT2D eigenvalue weighted by Gasteiger charge is -2.34. The van der Waals surface area contributed by atoms with Crippen molar-refractivity contribution in [2.45, 2.75) is 24.7 Å². The Hall–Kier alpha value is -3.45. The third-order valence-electron chi connectivity index (χ3n) is 5.77. The first-order valence-corrected chi connectivity index (χ1v) is 10.5. The molecule has 1 nitrogen and oxygen atoms in total. The fraction of sp³-hybridized carbons (Fsp3) is 0.138. The molecule has 148 valence electrons. The van der Waals surface area contributed by atoms with Gasteiger partial charge in [-0.3, -0.25) is 4.79 Å². The molecule has 0 aromatic heterocycles. The zero-order chi connectivity index (χ0) is 20.7. The van der Waals surface area contributed by atoms with E-state index >= 15 is 0 Å². The lowest BCUT2D eigenvalue weighted by Crippen LogP contribution is -2.41. The molecular formula is C29H26O. The minimum absolute atomic E-state index is 0.257. The van der Waals surface area contributed by atoms with Crippen molar-refractivity contribution in [2.24, 2.45) is 0 Å². The van der Waals surface area contributed by atoms with Crippen LogP contribution in [-0.4, -0.2) is 5.78 Å². The topological polar surface area (TPSA) is 17.1 Å². The highest BCUT2D eigenvalue weighted by Crippen LogP contribution is 2.35. The number of benzene rings is 4. The monoisotopic (exact) mass is 390 g/mol. The highest BCUT2D eigenvalue weighted by molar-refractivity contribution is 5.92. The summed E-state index contributed by atoms with van der Waals surface area (Å²) in [6, 6.07) is 41.1. The molecule has 0 bridgehead atoms. The average Bonchev–Trinajstić information content (AvgIpc) is 2.81. The zero-order valence-corrected chi connectivity index (χ0v) is 17.1. The SMILES string of the molecule is O=C(Cc1ccccc1)C(Cc1ccccc1)(Cc1ccccc1)c1ccccc1. The van der Waals surface area contributed by atoms with Gasteiger partial charge in [0.25, 0.3) is 0 Å². The molecule has 0 unspecified atom stereocenters. The summed E-state index contributed by atoms with van der Waals surface area (Å²) < 4.78 is 0. The number of carbonyl (C=O) groups is 1. The Morgan fingerprint density at radius 3 is 1.30 bits per heavy atom. The first-order valence-electron chi connectivity index (χ1n) is 10.5. The number of ketones is 1. The molecule has 0 atom stereocenters. The molecule has 0 N–H and O–H groups in total. The quantitative estimate of drug-likeness (QED) is 0.349. The van der Waals surface area contributed by atoms with E-state index in [-0.39, 0.29) is 5.78 Å². The summed E-state index contributed by atoms with van der Waals surface area (Å²) in [5, 5.41) is 0. The van der Waals surface area contributed by atoms with Gasteiger partial charge in [-0.1, -0.05) is 121 Å². The molecule has 0 amide bonds. The predicted octanol–water partition coefficient (Wildman–Crippen LogP) is 6.22. The summed E-state index contributed by atoms with van der Waals surface area (Å²) in [6.45, 7) is 0. The van der Waals surface area contributed by atoms with Crippen LogP contribution in [0.15, 0.2) is 121 Å². The van der Waals surface area contributed by atoms with Crippen molar-refractivity contribution in [3.05, 3.63) is 144 Å². The molecule has 0 aliphatic carbocycles.